The number of cyclic esters (lactones) is 2. The van der Waals surface area contributed by atoms with Crippen LogP contribution in [-0.4, -0.2) is 11.9 Å². The summed E-state index contributed by atoms with van der Waals surface area (Å²) in [5.74, 6) is 0.542. The number of hydrogen-bond donors (Lipinski definition) is 0. The van der Waals surface area contributed by atoms with Crippen LogP contribution in [0.5, 0.6) is 0 Å². The molecule has 98 valence electrons. The van der Waals surface area contributed by atoms with Crippen molar-refractivity contribution in [3.8, 4) is 0 Å². The van der Waals surface area contributed by atoms with Crippen molar-refractivity contribution in [3.05, 3.63) is 0 Å². The Morgan fingerprint density at radius 3 is 2.50 bits per heavy atom. The van der Waals surface area contributed by atoms with Gasteiger partial charge in [0.05, 0.1) is 10.8 Å². The molecule has 4 aliphatic rings. The van der Waals surface area contributed by atoms with Crippen molar-refractivity contribution in [2.75, 3.05) is 0 Å². The van der Waals surface area contributed by atoms with Gasteiger partial charge < -0.3 is 4.74 Å². The largest absolute Gasteiger partial charge is 0.392 e. The van der Waals surface area contributed by atoms with E-state index in [1.54, 1.807) is 0 Å². The van der Waals surface area contributed by atoms with Crippen LogP contribution in [0.2, 0.25) is 0 Å². The predicted octanol–water partition coefficient (Wildman–Crippen LogP) is 2.68. The van der Waals surface area contributed by atoms with Gasteiger partial charge in [-0.25, -0.2) is 0 Å². The second kappa shape index (κ2) is 2.83. The molecule has 0 bridgehead atoms. The quantitative estimate of drug-likeness (QED) is 0.489. The Bertz CT molecular complexity index is 466. The van der Waals surface area contributed by atoms with Gasteiger partial charge in [0, 0.05) is 0 Å². The lowest BCUT2D eigenvalue weighted by Gasteiger charge is -2.40. The minimum Gasteiger partial charge on any atom is -0.392 e. The zero-order valence-corrected chi connectivity index (χ0v) is 11.1. The van der Waals surface area contributed by atoms with Crippen LogP contribution < -0.4 is 0 Å². The molecule has 1 heterocycles. The van der Waals surface area contributed by atoms with Crippen LogP contribution in [0.25, 0.3) is 0 Å². The lowest BCUT2D eigenvalue weighted by Crippen LogP contribution is -2.46. The molecule has 4 rings (SSSR count). The molecule has 3 nitrogen and oxygen atoms in total. The molecule has 18 heavy (non-hydrogen) atoms. The van der Waals surface area contributed by atoms with Gasteiger partial charge in [-0.2, -0.15) is 0 Å². The number of esters is 2. The number of fused-ring (bicyclic) bond motifs is 1. The third-order valence-corrected chi connectivity index (χ3v) is 6.96. The van der Waals surface area contributed by atoms with Gasteiger partial charge in [0.1, 0.15) is 0 Å². The molecule has 4 fully saturated rings. The Kier molecular flexibility index (Phi) is 1.73. The van der Waals surface area contributed by atoms with E-state index in [0.29, 0.717) is 11.8 Å². The highest BCUT2D eigenvalue weighted by atomic mass is 16.6. The Balaban J connectivity index is 2.02. The van der Waals surface area contributed by atoms with Gasteiger partial charge >= 0.3 is 11.9 Å². The summed E-state index contributed by atoms with van der Waals surface area (Å²) in [7, 11) is 0. The van der Waals surface area contributed by atoms with Crippen molar-refractivity contribution in [2.45, 2.75) is 52.4 Å². The summed E-state index contributed by atoms with van der Waals surface area (Å²) in [6.07, 6.45) is 6.24. The molecule has 0 N–H and O–H groups in total. The Morgan fingerprint density at radius 1 is 1.00 bits per heavy atom. The van der Waals surface area contributed by atoms with E-state index in [1.165, 1.54) is 12.8 Å². The fraction of sp³-hybridized carbons (Fsp3) is 0.867. The molecule has 0 aromatic carbocycles. The zero-order valence-electron chi connectivity index (χ0n) is 11.1. The normalized spacial score (nSPS) is 52.1. The maximum Gasteiger partial charge on any atom is 0.321 e. The fourth-order valence-corrected chi connectivity index (χ4v) is 6.44. The van der Waals surface area contributed by atoms with Crippen LogP contribution in [0.3, 0.4) is 0 Å². The second-order valence-corrected chi connectivity index (χ2v) is 7.27. The highest BCUT2D eigenvalue weighted by molar-refractivity contribution is 6.04. The van der Waals surface area contributed by atoms with E-state index in [-0.39, 0.29) is 17.4 Å². The number of hydrogen-bond acceptors (Lipinski definition) is 3. The molecule has 0 aromatic rings. The van der Waals surface area contributed by atoms with E-state index >= 15 is 0 Å². The summed E-state index contributed by atoms with van der Waals surface area (Å²) in [5.41, 5.74) is -1.02. The number of carbonyl (C=O) groups is 2. The third-order valence-electron chi connectivity index (χ3n) is 6.96. The molecule has 3 aliphatic carbocycles. The van der Waals surface area contributed by atoms with E-state index in [9.17, 15) is 9.59 Å². The minimum absolute atomic E-state index is 0.0755. The first-order valence-corrected chi connectivity index (χ1v) is 7.25. The monoisotopic (exact) mass is 248 g/mol. The average Bonchev–Trinajstić information content (AvgIpc) is 2.97. The Morgan fingerprint density at radius 2 is 1.72 bits per heavy atom. The van der Waals surface area contributed by atoms with Gasteiger partial charge in [-0.3, -0.25) is 9.59 Å². The molecule has 1 aliphatic heterocycles. The van der Waals surface area contributed by atoms with Crippen molar-refractivity contribution in [2.24, 2.45) is 28.1 Å². The van der Waals surface area contributed by atoms with Crippen LogP contribution in [0.15, 0.2) is 0 Å². The van der Waals surface area contributed by atoms with Crippen LogP contribution in [0, 0.1) is 28.1 Å². The van der Waals surface area contributed by atoms with Crippen molar-refractivity contribution < 1.29 is 14.3 Å². The summed E-state index contributed by atoms with van der Waals surface area (Å²) >= 11 is 0. The van der Waals surface area contributed by atoms with Gasteiger partial charge in [0.15, 0.2) is 0 Å². The van der Waals surface area contributed by atoms with Gasteiger partial charge in [0.2, 0.25) is 0 Å². The number of carbonyl (C=O) groups excluding carboxylic acids is 2. The third kappa shape index (κ3) is 0.759. The topological polar surface area (TPSA) is 43.4 Å². The molecule has 0 spiro atoms. The van der Waals surface area contributed by atoms with Crippen LogP contribution in [-0.2, 0) is 14.3 Å². The smallest absolute Gasteiger partial charge is 0.321 e. The molecule has 3 heteroatoms. The summed E-state index contributed by atoms with van der Waals surface area (Å²) < 4.78 is 5.14. The van der Waals surface area contributed by atoms with Crippen molar-refractivity contribution in [3.63, 3.8) is 0 Å². The fourth-order valence-electron chi connectivity index (χ4n) is 6.44. The van der Waals surface area contributed by atoms with Crippen molar-refractivity contribution in [1.29, 1.82) is 0 Å². The SMILES string of the molecule is CC1(C)C2CCCC2[C@@]23CCC[C@@]12C(=O)OC3=O. The summed E-state index contributed by atoms with van der Waals surface area (Å²) in [6, 6.07) is 0. The van der Waals surface area contributed by atoms with E-state index < -0.39 is 10.8 Å². The number of rotatable bonds is 0. The van der Waals surface area contributed by atoms with Gasteiger partial charge in [-0.1, -0.05) is 26.7 Å². The van der Waals surface area contributed by atoms with Crippen molar-refractivity contribution >= 4 is 11.9 Å². The molecular weight excluding hydrogens is 228 g/mol. The zero-order chi connectivity index (χ0) is 12.8. The molecule has 0 amide bonds. The molecule has 3 saturated carbocycles. The Hall–Kier alpha value is -0.860. The Labute approximate surface area is 107 Å². The van der Waals surface area contributed by atoms with Gasteiger partial charge in [0.25, 0.3) is 0 Å². The summed E-state index contributed by atoms with van der Waals surface area (Å²) in [5, 5.41) is 0. The first-order chi connectivity index (χ1) is 8.48. The summed E-state index contributed by atoms with van der Waals surface area (Å²) in [6.45, 7) is 4.42. The number of ether oxygens (including phenoxy) is 1. The highest BCUT2D eigenvalue weighted by Gasteiger charge is 2.84. The van der Waals surface area contributed by atoms with Crippen LogP contribution >= 0.6 is 0 Å². The predicted molar refractivity (Wildman–Crippen MR) is 64.4 cm³/mol. The summed E-state index contributed by atoms with van der Waals surface area (Å²) in [4.78, 5) is 24.9. The van der Waals surface area contributed by atoms with E-state index in [1.807, 2.05) is 0 Å². The molecule has 4 atom stereocenters. The molecule has 0 radical (unpaired) electrons. The maximum absolute atomic E-state index is 12.5. The van der Waals surface area contributed by atoms with Crippen molar-refractivity contribution in [1.82, 2.24) is 0 Å². The minimum atomic E-state index is -0.493. The first kappa shape index (κ1) is 11.0. The van der Waals surface area contributed by atoms with Gasteiger partial charge in [-0.05, 0) is 42.9 Å². The highest BCUT2D eigenvalue weighted by Crippen LogP contribution is 2.80. The van der Waals surface area contributed by atoms with Gasteiger partial charge in [-0.15, -0.1) is 0 Å². The van der Waals surface area contributed by atoms with E-state index in [4.69, 9.17) is 4.74 Å². The first-order valence-electron chi connectivity index (χ1n) is 7.25. The van der Waals surface area contributed by atoms with E-state index in [2.05, 4.69) is 13.8 Å². The standard InChI is InChI=1S/C15H20O3/c1-13(2)9-5-3-6-10(9)14-7-4-8-15(13,14)12(17)18-11(14)16/h9-10H,3-8H2,1-2H3/t9?,10?,14-,15-/m1/s1. The molecule has 0 aromatic heterocycles. The second-order valence-electron chi connectivity index (χ2n) is 7.27. The molecular formula is C15H20O3. The molecule has 1 saturated heterocycles. The average molecular weight is 248 g/mol. The lowest BCUT2D eigenvalue weighted by molar-refractivity contribution is -0.160. The lowest BCUT2D eigenvalue weighted by atomic mass is 9.58. The van der Waals surface area contributed by atoms with Crippen LogP contribution in [0.1, 0.15) is 52.4 Å². The van der Waals surface area contributed by atoms with Crippen LogP contribution in [0.4, 0.5) is 0 Å². The molecule has 2 unspecified atom stereocenters. The maximum atomic E-state index is 12.5. The van der Waals surface area contributed by atoms with E-state index in [0.717, 1.165) is 25.7 Å².